The topological polar surface area (TPSA) is 86.3 Å². The third kappa shape index (κ3) is 5.61. The molecule has 2 aromatic heterocycles. The second kappa shape index (κ2) is 9.49. The maximum atomic E-state index is 13.0. The maximum absolute atomic E-state index is 13.0. The van der Waals surface area contributed by atoms with Crippen molar-refractivity contribution in [3.05, 3.63) is 65.4 Å². The summed E-state index contributed by atoms with van der Waals surface area (Å²) in [5.74, 6) is 1.24. The summed E-state index contributed by atoms with van der Waals surface area (Å²) in [6.07, 6.45) is -1.25. The van der Waals surface area contributed by atoms with Gasteiger partial charge in [0.1, 0.15) is 0 Å². The first-order valence-corrected chi connectivity index (χ1v) is 10.4. The summed E-state index contributed by atoms with van der Waals surface area (Å²) in [6, 6.07) is 10.1. The number of amides is 2. The Balaban J connectivity index is 1.32. The molecule has 33 heavy (non-hydrogen) atoms. The highest BCUT2D eigenvalue weighted by atomic mass is 35.5. The number of rotatable bonds is 4. The first kappa shape index (κ1) is 22.6. The number of halogens is 4. The van der Waals surface area contributed by atoms with E-state index in [4.69, 9.17) is 11.6 Å². The van der Waals surface area contributed by atoms with E-state index >= 15 is 0 Å². The third-order valence-corrected chi connectivity index (χ3v) is 5.33. The molecule has 12 heteroatoms. The molecule has 2 amide bonds. The van der Waals surface area contributed by atoms with Gasteiger partial charge in [0.15, 0.2) is 11.6 Å². The predicted molar refractivity (Wildman–Crippen MR) is 119 cm³/mol. The average molecular weight is 478 g/mol. The Kier molecular flexibility index (Phi) is 6.50. The Morgan fingerprint density at radius 3 is 2.42 bits per heavy atom. The summed E-state index contributed by atoms with van der Waals surface area (Å²) in [7, 11) is 0. The average Bonchev–Trinajstić information content (AvgIpc) is 2.81. The normalized spacial score (nSPS) is 14.2. The molecule has 3 aromatic rings. The van der Waals surface area contributed by atoms with Crippen LogP contribution in [0, 0.1) is 0 Å². The Labute approximate surface area is 192 Å². The van der Waals surface area contributed by atoms with Gasteiger partial charge in [0.25, 0.3) is 0 Å². The number of aromatic nitrogens is 3. The van der Waals surface area contributed by atoms with Gasteiger partial charge in [-0.2, -0.15) is 13.2 Å². The van der Waals surface area contributed by atoms with Gasteiger partial charge < -0.3 is 20.4 Å². The van der Waals surface area contributed by atoms with Crippen LogP contribution >= 0.6 is 11.6 Å². The molecular weight excluding hydrogens is 459 g/mol. The van der Waals surface area contributed by atoms with Gasteiger partial charge in [-0.05, 0) is 42.5 Å². The minimum Gasteiger partial charge on any atom is -0.352 e. The Morgan fingerprint density at radius 2 is 1.79 bits per heavy atom. The van der Waals surface area contributed by atoms with Gasteiger partial charge >= 0.3 is 12.2 Å². The predicted octanol–water partition coefficient (Wildman–Crippen LogP) is 4.64. The van der Waals surface area contributed by atoms with Gasteiger partial charge in [-0.15, -0.1) is 10.2 Å². The van der Waals surface area contributed by atoms with Crippen molar-refractivity contribution in [1.29, 1.82) is 0 Å². The summed E-state index contributed by atoms with van der Waals surface area (Å²) in [5, 5.41) is 13.6. The molecule has 0 saturated carbocycles. The van der Waals surface area contributed by atoms with E-state index in [1.165, 1.54) is 11.0 Å². The van der Waals surface area contributed by atoms with Crippen LogP contribution in [0.15, 0.2) is 54.9 Å². The lowest BCUT2D eigenvalue weighted by atomic mass is 10.2. The number of hydrogen-bond donors (Lipinski definition) is 2. The molecule has 172 valence electrons. The van der Waals surface area contributed by atoms with Crippen LogP contribution in [-0.2, 0) is 6.18 Å². The van der Waals surface area contributed by atoms with Crippen molar-refractivity contribution >= 4 is 40.6 Å². The second-order valence-electron chi connectivity index (χ2n) is 7.24. The first-order chi connectivity index (χ1) is 15.8. The zero-order chi connectivity index (χ0) is 23.4. The smallest absolute Gasteiger partial charge is 0.352 e. The number of urea groups is 1. The van der Waals surface area contributed by atoms with Crippen LogP contribution in [0.1, 0.15) is 5.56 Å². The molecule has 0 aliphatic carbocycles. The molecule has 1 aliphatic rings. The molecule has 0 bridgehead atoms. The van der Waals surface area contributed by atoms with Gasteiger partial charge in [-0.3, -0.25) is 4.98 Å². The monoisotopic (exact) mass is 477 g/mol. The van der Waals surface area contributed by atoms with Gasteiger partial charge in [-0.25, -0.2) is 4.79 Å². The number of nitrogens with one attached hydrogen (secondary N) is 2. The lowest BCUT2D eigenvalue weighted by Gasteiger charge is -2.35. The molecule has 8 nitrogen and oxygen atoms in total. The molecule has 4 rings (SSSR count). The fraction of sp³-hybridized carbons (Fsp3) is 0.238. The van der Waals surface area contributed by atoms with Gasteiger partial charge in [0.05, 0.1) is 22.5 Å². The number of piperazine rings is 1. The van der Waals surface area contributed by atoms with Gasteiger partial charge in [-0.1, -0.05) is 11.6 Å². The highest BCUT2D eigenvalue weighted by Gasteiger charge is 2.33. The fourth-order valence-corrected chi connectivity index (χ4v) is 3.53. The number of anilines is 4. The maximum Gasteiger partial charge on any atom is 0.417 e. The lowest BCUT2D eigenvalue weighted by Crippen LogP contribution is -2.50. The van der Waals surface area contributed by atoms with Crippen molar-refractivity contribution in [2.75, 3.05) is 41.7 Å². The summed E-state index contributed by atoms with van der Waals surface area (Å²) >= 11 is 5.62. The second-order valence-corrected chi connectivity index (χ2v) is 7.65. The van der Waals surface area contributed by atoms with Gasteiger partial charge in [0.2, 0.25) is 0 Å². The van der Waals surface area contributed by atoms with Crippen molar-refractivity contribution in [1.82, 2.24) is 20.1 Å². The Bertz CT molecular complexity index is 1110. The van der Waals surface area contributed by atoms with Gasteiger partial charge in [0, 0.05) is 38.1 Å². The van der Waals surface area contributed by atoms with Crippen LogP contribution in [0.3, 0.4) is 0 Å². The summed E-state index contributed by atoms with van der Waals surface area (Å²) in [5.41, 5.74) is -0.171. The number of carbonyl (C=O) groups is 1. The van der Waals surface area contributed by atoms with Crippen molar-refractivity contribution in [2.24, 2.45) is 0 Å². The number of carbonyl (C=O) groups excluding carboxylic acids is 1. The minimum atomic E-state index is -4.60. The lowest BCUT2D eigenvalue weighted by molar-refractivity contribution is -0.137. The van der Waals surface area contributed by atoms with Crippen LogP contribution in [-0.4, -0.2) is 52.3 Å². The molecule has 2 N–H and O–H groups in total. The fourth-order valence-electron chi connectivity index (χ4n) is 3.31. The SMILES string of the molecule is O=C(Nc1ccc(Cl)c(C(F)(F)F)c1)N1CCN(c2ccc(Nc3cccnc3)nn2)CC1. The van der Waals surface area contributed by atoms with E-state index in [1.807, 2.05) is 23.1 Å². The largest absolute Gasteiger partial charge is 0.417 e. The van der Waals surface area contributed by atoms with E-state index in [-0.39, 0.29) is 5.69 Å². The Hall–Kier alpha value is -3.60. The number of alkyl halides is 3. The van der Waals surface area contributed by atoms with Crippen LogP contribution in [0.2, 0.25) is 5.02 Å². The summed E-state index contributed by atoms with van der Waals surface area (Å²) in [6.45, 7) is 1.77. The number of nitrogens with zero attached hydrogens (tertiary/aromatic N) is 5. The molecule has 1 fully saturated rings. The standard InChI is InChI=1S/C21H19ClF3N7O/c22-17-4-3-14(12-16(17)21(23,24)25)28-20(33)32-10-8-31(9-11-32)19-6-5-18(29-30-19)27-15-2-1-7-26-13-15/h1-7,12-13H,8-11H2,(H,27,29)(H,28,33). The molecule has 0 atom stereocenters. The molecule has 0 spiro atoms. The van der Waals surface area contributed by atoms with E-state index in [0.717, 1.165) is 17.8 Å². The zero-order valence-corrected chi connectivity index (χ0v) is 17.9. The third-order valence-electron chi connectivity index (χ3n) is 5.00. The number of pyridine rings is 1. The minimum absolute atomic E-state index is 0.0294. The Morgan fingerprint density at radius 1 is 1.00 bits per heavy atom. The molecule has 1 saturated heterocycles. The summed E-state index contributed by atoms with van der Waals surface area (Å²) in [4.78, 5) is 20.1. The molecular formula is C21H19ClF3N7O. The molecule has 0 radical (unpaired) electrons. The molecule has 0 unspecified atom stereocenters. The number of benzene rings is 1. The highest BCUT2D eigenvalue weighted by molar-refractivity contribution is 6.31. The van der Waals surface area contributed by atoms with E-state index in [9.17, 15) is 18.0 Å². The quantitative estimate of drug-likeness (QED) is 0.569. The molecule has 3 heterocycles. The molecule has 1 aliphatic heterocycles. The van der Waals surface area contributed by atoms with Crippen molar-refractivity contribution in [3.8, 4) is 0 Å². The van der Waals surface area contributed by atoms with Crippen LogP contribution in [0.4, 0.5) is 41.0 Å². The van der Waals surface area contributed by atoms with E-state index < -0.39 is 22.8 Å². The summed E-state index contributed by atoms with van der Waals surface area (Å²) < 4.78 is 39.1. The van der Waals surface area contributed by atoms with E-state index in [0.29, 0.717) is 37.8 Å². The highest BCUT2D eigenvalue weighted by Crippen LogP contribution is 2.36. The van der Waals surface area contributed by atoms with E-state index in [2.05, 4.69) is 25.8 Å². The van der Waals surface area contributed by atoms with Crippen molar-refractivity contribution < 1.29 is 18.0 Å². The van der Waals surface area contributed by atoms with E-state index in [1.54, 1.807) is 18.5 Å². The van der Waals surface area contributed by atoms with Crippen LogP contribution in [0.5, 0.6) is 0 Å². The zero-order valence-electron chi connectivity index (χ0n) is 17.2. The van der Waals surface area contributed by atoms with Crippen LogP contribution < -0.4 is 15.5 Å². The number of hydrogen-bond acceptors (Lipinski definition) is 6. The van der Waals surface area contributed by atoms with Crippen molar-refractivity contribution in [3.63, 3.8) is 0 Å². The van der Waals surface area contributed by atoms with Crippen molar-refractivity contribution in [2.45, 2.75) is 6.18 Å². The molecule has 1 aromatic carbocycles. The first-order valence-electron chi connectivity index (χ1n) is 9.98. The van der Waals surface area contributed by atoms with Crippen LogP contribution in [0.25, 0.3) is 0 Å².